The van der Waals surface area contributed by atoms with E-state index in [2.05, 4.69) is 22.1 Å². The lowest BCUT2D eigenvalue weighted by molar-refractivity contribution is 0.615. The van der Waals surface area contributed by atoms with Crippen molar-refractivity contribution < 1.29 is 4.39 Å². The second-order valence-corrected chi connectivity index (χ2v) is 3.94. The van der Waals surface area contributed by atoms with Crippen LogP contribution in [0.5, 0.6) is 0 Å². The lowest BCUT2D eigenvalue weighted by atomic mass is 10.2. The molecule has 0 aliphatic heterocycles. The number of pyridine rings is 1. The van der Waals surface area contributed by atoms with Gasteiger partial charge in [0.15, 0.2) is 0 Å². The van der Waals surface area contributed by atoms with Crippen molar-refractivity contribution in [3.05, 3.63) is 23.6 Å². The highest BCUT2D eigenvalue weighted by Crippen LogP contribution is 2.17. The smallest absolute Gasteiger partial charge is 0.141 e. The minimum absolute atomic E-state index is 0.280. The van der Waals surface area contributed by atoms with Crippen molar-refractivity contribution >= 4 is 5.82 Å². The van der Waals surface area contributed by atoms with Gasteiger partial charge in [0, 0.05) is 25.7 Å². The largest absolute Gasteiger partial charge is 0.359 e. The summed E-state index contributed by atoms with van der Waals surface area (Å²) in [5.74, 6) is 0.585. The zero-order valence-electron chi connectivity index (χ0n) is 10.3. The lowest BCUT2D eigenvalue weighted by Gasteiger charge is -2.20. The topological polar surface area (TPSA) is 28.2 Å². The van der Waals surface area contributed by atoms with E-state index in [9.17, 15) is 4.39 Å². The number of unbranched alkanes of at least 4 members (excludes halogenated alkanes) is 1. The maximum Gasteiger partial charge on any atom is 0.141 e. The van der Waals surface area contributed by atoms with Gasteiger partial charge in [-0.1, -0.05) is 13.3 Å². The zero-order valence-corrected chi connectivity index (χ0v) is 10.3. The van der Waals surface area contributed by atoms with Crippen LogP contribution in [0.3, 0.4) is 0 Å². The van der Waals surface area contributed by atoms with Crippen molar-refractivity contribution in [1.82, 2.24) is 10.3 Å². The van der Waals surface area contributed by atoms with Crippen LogP contribution in [0.15, 0.2) is 12.3 Å². The van der Waals surface area contributed by atoms with Gasteiger partial charge in [-0.25, -0.2) is 9.37 Å². The number of aromatic nitrogens is 1. The second-order valence-electron chi connectivity index (χ2n) is 3.94. The van der Waals surface area contributed by atoms with Gasteiger partial charge < -0.3 is 10.2 Å². The molecule has 1 aromatic rings. The van der Waals surface area contributed by atoms with Gasteiger partial charge in [0.25, 0.3) is 0 Å². The number of hydrogen-bond acceptors (Lipinski definition) is 3. The predicted octanol–water partition coefficient (Wildman–Crippen LogP) is 2.18. The molecule has 0 radical (unpaired) electrons. The number of halogens is 1. The third kappa shape index (κ3) is 3.45. The van der Waals surface area contributed by atoms with E-state index in [1.54, 1.807) is 6.07 Å². The Hall–Kier alpha value is -1.16. The molecule has 1 heterocycles. The summed E-state index contributed by atoms with van der Waals surface area (Å²) in [6, 6.07) is 1.54. The van der Waals surface area contributed by atoms with Gasteiger partial charge in [-0.05, 0) is 19.5 Å². The minimum Gasteiger partial charge on any atom is -0.359 e. The first-order valence-electron chi connectivity index (χ1n) is 5.69. The number of nitrogens with one attached hydrogen (secondary N) is 1. The number of hydrogen-bond donors (Lipinski definition) is 1. The maximum atomic E-state index is 13.1. The normalized spacial score (nSPS) is 10.5. The third-order valence-corrected chi connectivity index (χ3v) is 2.49. The van der Waals surface area contributed by atoms with E-state index >= 15 is 0 Å². The Morgan fingerprint density at radius 2 is 2.25 bits per heavy atom. The summed E-state index contributed by atoms with van der Waals surface area (Å²) in [7, 11) is 3.84. The van der Waals surface area contributed by atoms with Gasteiger partial charge in [-0.15, -0.1) is 0 Å². The first kappa shape index (κ1) is 12.9. The Balaban J connectivity index is 2.84. The Bertz CT molecular complexity index is 328. The van der Waals surface area contributed by atoms with Crippen LogP contribution < -0.4 is 10.2 Å². The van der Waals surface area contributed by atoms with E-state index in [0.29, 0.717) is 6.54 Å². The molecule has 1 N–H and O–H groups in total. The molecule has 0 aliphatic rings. The fraction of sp³-hybridized carbons (Fsp3) is 0.583. The summed E-state index contributed by atoms with van der Waals surface area (Å²) in [6.07, 6.45) is 3.54. The Morgan fingerprint density at radius 3 is 2.88 bits per heavy atom. The molecule has 0 saturated carbocycles. The number of nitrogens with zero attached hydrogens (tertiary/aromatic N) is 2. The summed E-state index contributed by atoms with van der Waals surface area (Å²) in [5, 5.41) is 3.03. The molecular formula is C12H20FN3. The Morgan fingerprint density at radius 1 is 1.50 bits per heavy atom. The van der Waals surface area contributed by atoms with Crippen molar-refractivity contribution in [3.8, 4) is 0 Å². The summed E-state index contributed by atoms with van der Waals surface area (Å²) >= 11 is 0. The van der Waals surface area contributed by atoms with Crippen LogP contribution in [-0.4, -0.2) is 25.6 Å². The summed E-state index contributed by atoms with van der Waals surface area (Å²) < 4.78 is 13.1. The standard InChI is InChI=1S/C12H20FN3/c1-4-5-6-16(3)12-10(8-14-2)7-11(13)9-15-12/h7,9,14H,4-6,8H2,1-3H3. The van der Waals surface area contributed by atoms with E-state index in [1.807, 2.05) is 14.1 Å². The average molecular weight is 225 g/mol. The van der Waals surface area contributed by atoms with E-state index < -0.39 is 0 Å². The molecule has 0 atom stereocenters. The molecule has 90 valence electrons. The summed E-state index contributed by atoms with van der Waals surface area (Å²) in [6.45, 7) is 3.74. The van der Waals surface area contributed by atoms with Crippen LogP contribution in [0.2, 0.25) is 0 Å². The van der Waals surface area contributed by atoms with Gasteiger partial charge in [-0.2, -0.15) is 0 Å². The maximum absolute atomic E-state index is 13.1. The van der Waals surface area contributed by atoms with Crippen molar-refractivity contribution in [2.45, 2.75) is 26.3 Å². The highest BCUT2D eigenvalue weighted by molar-refractivity contribution is 5.46. The minimum atomic E-state index is -0.280. The molecule has 4 heteroatoms. The van der Waals surface area contributed by atoms with Gasteiger partial charge in [-0.3, -0.25) is 0 Å². The number of rotatable bonds is 6. The van der Waals surface area contributed by atoms with Crippen LogP contribution >= 0.6 is 0 Å². The average Bonchev–Trinajstić information content (AvgIpc) is 2.26. The molecule has 0 amide bonds. The van der Waals surface area contributed by atoms with E-state index in [-0.39, 0.29) is 5.82 Å². The van der Waals surface area contributed by atoms with Crippen LogP contribution in [0.1, 0.15) is 25.3 Å². The Kier molecular flexibility index (Phi) is 5.19. The fourth-order valence-electron chi connectivity index (χ4n) is 1.64. The lowest BCUT2D eigenvalue weighted by Crippen LogP contribution is -2.22. The van der Waals surface area contributed by atoms with Crippen LogP contribution in [0.4, 0.5) is 10.2 Å². The molecule has 0 aromatic carbocycles. The van der Waals surface area contributed by atoms with Crippen molar-refractivity contribution in [1.29, 1.82) is 0 Å². The SMILES string of the molecule is CCCCN(C)c1ncc(F)cc1CNC. The molecule has 1 aromatic heterocycles. The summed E-state index contributed by atoms with van der Waals surface area (Å²) in [4.78, 5) is 6.24. The Labute approximate surface area is 96.7 Å². The van der Waals surface area contributed by atoms with E-state index in [0.717, 1.165) is 30.8 Å². The van der Waals surface area contributed by atoms with Gasteiger partial charge in [0.1, 0.15) is 11.6 Å². The fourth-order valence-corrected chi connectivity index (χ4v) is 1.64. The molecule has 0 saturated heterocycles. The first-order chi connectivity index (χ1) is 7.69. The molecule has 3 nitrogen and oxygen atoms in total. The van der Waals surface area contributed by atoms with Crippen LogP contribution in [0.25, 0.3) is 0 Å². The monoisotopic (exact) mass is 225 g/mol. The quantitative estimate of drug-likeness (QED) is 0.804. The van der Waals surface area contributed by atoms with E-state index in [1.165, 1.54) is 6.20 Å². The molecule has 0 bridgehead atoms. The second kappa shape index (κ2) is 6.43. The first-order valence-corrected chi connectivity index (χ1v) is 5.69. The highest BCUT2D eigenvalue weighted by atomic mass is 19.1. The molecule has 0 unspecified atom stereocenters. The van der Waals surface area contributed by atoms with Crippen LogP contribution in [-0.2, 0) is 6.54 Å². The van der Waals surface area contributed by atoms with Crippen molar-refractivity contribution in [2.24, 2.45) is 0 Å². The molecule has 16 heavy (non-hydrogen) atoms. The van der Waals surface area contributed by atoms with Crippen molar-refractivity contribution in [3.63, 3.8) is 0 Å². The van der Waals surface area contributed by atoms with Gasteiger partial charge in [0.05, 0.1) is 6.20 Å². The van der Waals surface area contributed by atoms with Crippen molar-refractivity contribution in [2.75, 3.05) is 25.5 Å². The molecule has 0 spiro atoms. The van der Waals surface area contributed by atoms with Gasteiger partial charge >= 0.3 is 0 Å². The number of anilines is 1. The molecule has 0 aliphatic carbocycles. The third-order valence-electron chi connectivity index (χ3n) is 2.49. The van der Waals surface area contributed by atoms with E-state index in [4.69, 9.17) is 0 Å². The highest BCUT2D eigenvalue weighted by Gasteiger charge is 2.09. The predicted molar refractivity (Wildman–Crippen MR) is 65.1 cm³/mol. The molecule has 1 rings (SSSR count). The zero-order chi connectivity index (χ0) is 12.0. The molecule has 0 fully saturated rings. The van der Waals surface area contributed by atoms with Gasteiger partial charge in [0.2, 0.25) is 0 Å². The van der Waals surface area contributed by atoms with Crippen LogP contribution in [0, 0.1) is 5.82 Å². The molecular weight excluding hydrogens is 205 g/mol. The summed E-state index contributed by atoms with van der Waals surface area (Å²) in [5.41, 5.74) is 0.904.